The number of aryl methyl sites for hydroxylation is 1. The van der Waals surface area contributed by atoms with E-state index in [9.17, 15) is 4.79 Å². The van der Waals surface area contributed by atoms with Gasteiger partial charge in [-0.15, -0.1) is 0 Å². The molecule has 0 radical (unpaired) electrons. The van der Waals surface area contributed by atoms with Crippen LogP contribution in [-0.4, -0.2) is 18.7 Å². The largest absolute Gasteiger partial charge is 0.454 e. The lowest BCUT2D eigenvalue weighted by Crippen LogP contribution is -2.92. The molecule has 2 aromatic rings. The van der Waals surface area contributed by atoms with Crippen molar-refractivity contribution in [2.24, 2.45) is 0 Å². The molecule has 5 nitrogen and oxygen atoms in total. The molecule has 2 aromatic carbocycles. The van der Waals surface area contributed by atoms with Crippen molar-refractivity contribution in [3.63, 3.8) is 0 Å². The van der Waals surface area contributed by atoms with Crippen LogP contribution >= 0.6 is 0 Å². The summed E-state index contributed by atoms with van der Waals surface area (Å²) in [5.74, 6) is 1.35. The number of anilines is 1. The van der Waals surface area contributed by atoms with Crippen molar-refractivity contribution in [2.75, 3.05) is 12.1 Å². The van der Waals surface area contributed by atoms with E-state index in [4.69, 9.17) is 9.47 Å². The Morgan fingerprint density at radius 1 is 1.16 bits per heavy atom. The molecule has 1 aliphatic heterocycles. The van der Waals surface area contributed by atoms with Gasteiger partial charge in [0.2, 0.25) is 6.79 Å². The number of hydrogen-bond acceptors (Lipinski definition) is 3. The molecule has 1 aliphatic rings. The van der Waals surface area contributed by atoms with Crippen molar-refractivity contribution < 1.29 is 19.6 Å². The summed E-state index contributed by atoms with van der Waals surface area (Å²) in [7, 11) is 0. The van der Waals surface area contributed by atoms with E-state index in [1.54, 1.807) is 6.07 Å². The summed E-state index contributed by atoms with van der Waals surface area (Å²) in [6.45, 7) is 6.38. The molecule has 0 unspecified atom stereocenters. The van der Waals surface area contributed by atoms with Gasteiger partial charge in [-0.2, -0.15) is 0 Å². The molecule has 25 heavy (non-hydrogen) atoms. The minimum Gasteiger partial charge on any atom is -0.454 e. The summed E-state index contributed by atoms with van der Waals surface area (Å²) in [4.78, 5) is 12.5. The maximum absolute atomic E-state index is 12.5. The van der Waals surface area contributed by atoms with Crippen LogP contribution in [-0.2, 0) is 4.79 Å². The van der Waals surface area contributed by atoms with E-state index in [0.29, 0.717) is 11.5 Å². The second kappa shape index (κ2) is 7.57. The maximum atomic E-state index is 12.5. The van der Waals surface area contributed by atoms with Crippen molar-refractivity contribution in [3.8, 4) is 11.5 Å². The van der Waals surface area contributed by atoms with Gasteiger partial charge in [-0.3, -0.25) is 4.79 Å². The van der Waals surface area contributed by atoms with E-state index < -0.39 is 0 Å². The van der Waals surface area contributed by atoms with Gasteiger partial charge in [-0.25, -0.2) is 0 Å². The molecule has 3 N–H and O–H groups in total. The molecule has 1 heterocycles. The molecular weight excluding hydrogens is 316 g/mol. The Balaban J connectivity index is 1.62. The molecule has 0 spiro atoms. The predicted octanol–water partition coefficient (Wildman–Crippen LogP) is 2.77. The zero-order valence-electron chi connectivity index (χ0n) is 14.9. The average molecular weight is 341 g/mol. The van der Waals surface area contributed by atoms with Gasteiger partial charge in [0.1, 0.15) is 6.04 Å². The SMILES string of the molecule is CC[C@@H]([NH2+][C@@H](C)C(=O)Nc1ccc2c(c1)OCO2)c1ccc(C)cc1. The van der Waals surface area contributed by atoms with Gasteiger partial charge in [0, 0.05) is 23.7 Å². The highest BCUT2D eigenvalue weighted by Crippen LogP contribution is 2.34. The molecule has 5 heteroatoms. The minimum absolute atomic E-state index is 0.0237. The molecule has 0 bridgehead atoms. The summed E-state index contributed by atoms with van der Waals surface area (Å²) in [5.41, 5.74) is 3.21. The van der Waals surface area contributed by atoms with Gasteiger partial charge in [0.05, 0.1) is 0 Å². The van der Waals surface area contributed by atoms with Crippen molar-refractivity contribution in [1.82, 2.24) is 0 Å². The van der Waals surface area contributed by atoms with Crippen molar-refractivity contribution in [3.05, 3.63) is 53.6 Å². The first kappa shape index (κ1) is 17.3. The Hall–Kier alpha value is -2.53. The standard InChI is InChI=1S/C20H24N2O3/c1-4-17(15-7-5-13(2)6-8-15)21-14(3)20(23)22-16-9-10-18-19(11-16)25-12-24-18/h5-11,14,17,21H,4,12H2,1-3H3,(H,22,23)/p+1/t14-,17+/m0/s1. The molecule has 0 saturated carbocycles. The number of rotatable bonds is 6. The second-order valence-corrected chi connectivity index (χ2v) is 6.46. The topological polar surface area (TPSA) is 64.2 Å². The molecular formula is C20H25N2O3+. The number of fused-ring (bicyclic) bond motifs is 1. The molecule has 3 rings (SSSR count). The zero-order chi connectivity index (χ0) is 17.8. The third-order valence-corrected chi connectivity index (χ3v) is 4.52. The first-order valence-electron chi connectivity index (χ1n) is 8.69. The fraction of sp³-hybridized carbons (Fsp3) is 0.350. The first-order chi connectivity index (χ1) is 12.1. The summed E-state index contributed by atoms with van der Waals surface area (Å²) >= 11 is 0. The van der Waals surface area contributed by atoms with Gasteiger partial charge in [-0.1, -0.05) is 36.8 Å². The number of amides is 1. The number of nitrogens with one attached hydrogen (secondary N) is 1. The highest BCUT2D eigenvalue weighted by Gasteiger charge is 2.23. The number of hydrogen-bond donors (Lipinski definition) is 2. The third-order valence-electron chi connectivity index (χ3n) is 4.52. The monoisotopic (exact) mass is 341 g/mol. The average Bonchev–Trinajstić information content (AvgIpc) is 3.08. The Labute approximate surface area is 148 Å². The summed E-state index contributed by atoms with van der Waals surface area (Å²) < 4.78 is 10.6. The first-order valence-corrected chi connectivity index (χ1v) is 8.69. The van der Waals surface area contributed by atoms with E-state index in [0.717, 1.165) is 12.1 Å². The Morgan fingerprint density at radius 2 is 1.88 bits per heavy atom. The molecule has 0 fully saturated rings. The lowest BCUT2D eigenvalue weighted by atomic mass is 10.0. The number of carbonyl (C=O) groups is 1. The molecule has 0 aliphatic carbocycles. The summed E-state index contributed by atoms with van der Waals surface area (Å²) in [5, 5.41) is 5.07. The van der Waals surface area contributed by atoms with E-state index >= 15 is 0 Å². The predicted molar refractivity (Wildman–Crippen MR) is 96.8 cm³/mol. The van der Waals surface area contributed by atoms with Crippen LogP contribution in [0.5, 0.6) is 11.5 Å². The van der Waals surface area contributed by atoms with E-state index in [2.05, 4.69) is 48.7 Å². The molecule has 132 valence electrons. The summed E-state index contributed by atoms with van der Waals surface area (Å²) in [6.07, 6.45) is 0.963. The van der Waals surface area contributed by atoms with Crippen LogP contribution in [0.4, 0.5) is 5.69 Å². The number of quaternary nitrogens is 1. The van der Waals surface area contributed by atoms with Crippen molar-refractivity contribution >= 4 is 11.6 Å². The summed E-state index contributed by atoms with van der Waals surface area (Å²) in [6, 6.07) is 14.0. The molecule has 0 aromatic heterocycles. The van der Waals surface area contributed by atoms with Gasteiger partial charge in [0.15, 0.2) is 17.5 Å². The van der Waals surface area contributed by atoms with Crippen LogP contribution in [0.1, 0.15) is 37.4 Å². The van der Waals surface area contributed by atoms with E-state index in [-0.39, 0.29) is 24.8 Å². The van der Waals surface area contributed by atoms with Crippen LogP contribution in [0, 0.1) is 6.92 Å². The number of nitrogens with two attached hydrogens (primary N) is 1. The normalized spacial score (nSPS) is 14.8. The highest BCUT2D eigenvalue weighted by atomic mass is 16.7. The van der Waals surface area contributed by atoms with Crippen LogP contribution in [0.15, 0.2) is 42.5 Å². The van der Waals surface area contributed by atoms with Crippen LogP contribution < -0.4 is 20.1 Å². The van der Waals surface area contributed by atoms with Crippen LogP contribution in [0.2, 0.25) is 0 Å². The lowest BCUT2D eigenvalue weighted by molar-refractivity contribution is -0.713. The van der Waals surface area contributed by atoms with E-state index in [1.807, 2.05) is 19.1 Å². The molecule has 1 amide bonds. The fourth-order valence-corrected chi connectivity index (χ4v) is 2.96. The highest BCUT2D eigenvalue weighted by molar-refractivity contribution is 5.93. The molecule has 2 atom stereocenters. The van der Waals surface area contributed by atoms with Crippen molar-refractivity contribution in [2.45, 2.75) is 39.3 Å². The maximum Gasteiger partial charge on any atom is 0.282 e. The fourth-order valence-electron chi connectivity index (χ4n) is 2.96. The molecule has 0 saturated heterocycles. The Morgan fingerprint density at radius 3 is 2.60 bits per heavy atom. The van der Waals surface area contributed by atoms with Crippen LogP contribution in [0.3, 0.4) is 0 Å². The quantitative estimate of drug-likeness (QED) is 0.849. The number of ether oxygens (including phenoxy) is 2. The Bertz CT molecular complexity index is 743. The Kier molecular flexibility index (Phi) is 5.24. The lowest BCUT2D eigenvalue weighted by Gasteiger charge is -2.19. The minimum atomic E-state index is -0.198. The van der Waals surface area contributed by atoms with Gasteiger partial charge < -0.3 is 20.1 Å². The van der Waals surface area contributed by atoms with Gasteiger partial charge in [0.25, 0.3) is 5.91 Å². The second-order valence-electron chi connectivity index (χ2n) is 6.46. The van der Waals surface area contributed by atoms with Gasteiger partial charge >= 0.3 is 0 Å². The third kappa shape index (κ3) is 4.12. The van der Waals surface area contributed by atoms with E-state index in [1.165, 1.54) is 11.1 Å². The van der Waals surface area contributed by atoms with Crippen molar-refractivity contribution in [1.29, 1.82) is 0 Å². The van der Waals surface area contributed by atoms with Crippen LogP contribution in [0.25, 0.3) is 0 Å². The van der Waals surface area contributed by atoms with Gasteiger partial charge in [-0.05, 0) is 26.0 Å². The smallest absolute Gasteiger partial charge is 0.282 e. The number of carbonyl (C=O) groups excluding carboxylic acids is 1. The number of benzene rings is 2. The zero-order valence-corrected chi connectivity index (χ0v) is 14.9.